The normalized spacial score (nSPS) is 13.7. The van der Waals surface area contributed by atoms with Gasteiger partial charge in [0.15, 0.2) is 0 Å². The highest BCUT2D eigenvalue weighted by Crippen LogP contribution is 2.33. The second kappa shape index (κ2) is 6.58. The first kappa shape index (κ1) is 16.1. The molecule has 4 aromatic rings. The molecule has 0 atom stereocenters. The third kappa shape index (κ3) is 2.89. The Balaban J connectivity index is 1.59. The van der Waals surface area contributed by atoms with E-state index in [1.807, 2.05) is 12.1 Å². The molecule has 0 N–H and O–H groups in total. The summed E-state index contributed by atoms with van der Waals surface area (Å²) in [6.07, 6.45) is 1.04. The maximum Gasteiger partial charge on any atom is 0.123 e. The van der Waals surface area contributed by atoms with E-state index in [0.717, 1.165) is 31.6 Å². The zero-order chi connectivity index (χ0) is 18.2. The second-order valence-corrected chi connectivity index (χ2v) is 7.16. The molecule has 2 heterocycles. The molecule has 0 fully saturated rings. The summed E-state index contributed by atoms with van der Waals surface area (Å²) in [7, 11) is 0. The number of para-hydroxylation sites is 2. The molecule has 0 aliphatic carbocycles. The lowest BCUT2D eigenvalue weighted by Gasteiger charge is -2.30. The minimum Gasteiger partial charge on any atom is -0.365 e. The Morgan fingerprint density at radius 2 is 1.56 bits per heavy atom. The van der Waals surface area contributed by atoms with Crippen LogP contribution in [0.3, 0.4) is 0 Å². The van der Waals surface area contributed by atoms with Crippen molar-refractivity contribution in [1.82, 2.24) is 4.57 Å². The monoisotopic (exact) mass is 356 g/mol. The first-order chi connectivity index (χ1) is 13.3. The molecule has 0 saturated carbocycles. The quantitative estimate of drug-likeness (QED) is 0.478. The third-order valence-corrected chi connectivity index (χ3v) is 5.54. The predicted molar refractivity (Wildman–Crippen MR) is 109 cm³/mol. The van der Waals surface area contributed by atoms with Crippen molar-refractivity contribution in [1.29, 1.82) is 0 Å². The topological polar surface area (TPSA) is 8.17 Å². The van der Waals surface area contributed by atoms with E-state index in [1.54, 1.807) is 12.1 Å². The standard InChI is InChI=1S/C24H21FN2/c25-19-12-10-18(11-13-19)16-27-23-9-5-4-8-21(23)22-14-15-26(17-24(22)27)20-6-2-1-3-7-20/h1-13H,14-17H2. The smallest absolute Gasteiger partial charge is 0.123 e. The van der Waals surface area contributed by atoms with Gasteiger partial charge in [0, 0.05) is 35.4 Å². The summed E-state index contributed by atoms with van der Waals surface area (Å²) in [5.41, 5.74) is 6.48. The lowest BCUT2D eigenvalue weighted by Crippen LogP contribution is -2.31. The Labute approximate surface area is 158 Å². The number of fused-ring (bicyclic) bond motifs is 3. The van der Waals surface area contributed by atoms with Crippen molar-refractivity contribution >= 4 is 16.6 Å². The number of nitrogens with zero attached hydrogens (tertiary/aromatic N) is 2. The number of aromatic nitrogens is 1. The van der Waals surface area contributed by atoms with E-state index in [-0.39, 0.29) is 5.82 Å². The fourth-order valence-electron chi connectivity index (χ4n) is 4.21. The largest absolute Gasteiger partial charge is 0.365 e. The Hall–Kier alpha value is -3.07. The number of halogens is 1. The summed E-state index contributed by atoms with van der Waals surface area (Å²) >= 11 is 0. The third-order valence-electron chi connectivity index (χ3n) is 5.54. The van der Waals surface area contributed by atoms with Gasteiger partial charge in [0.2, 0.25) is 0 Å². The van der Waals surface area contributed by atoms with Gasteiger partial charge in [0.1, 0.15) is 5.82 Å². The van der Waals surface area contributed by atoms with Crippen LogP contribution in [0.2, 0.25) is 0 Å². The molecule has 0 saturated heterocycles. The molecule has 1 aliphatic heterocycles. The highest BCUT2D eigenvalue weighted by atomic mass is 19.1. The van der Waals surface area contributed by atoms with Crippen molar-refractivity contribution in [3.05, 3.63) is 102 Å². The molecular weight excluding hydrogens is 335 g/mol. The van der Waals surface area contributed by atoms with Gasteiger partial charge in [-0.25, -0.2) is 4.39 Å². The van der Waals surface area contributed by atoms with Crippen LogP contribution in [-0.2, 0) is 19.5 Å². The molecule has 134 valence electrons. The van der Waals surface area contributed by atoms with Crippen LogP contribution in [0.5, 0.6) is 0 Å². The molecule has 0 spiro atoms. The molecule has 27 heavy (non-hydrogen) atoms. The van der Waals surface area contributed by atoms with Gasteiger partial charge in [-0.1, -0.05) is 48.5 Å². The van der Waals surface area contributed by atoms with Crippen LogP contribution < -0.4 is 4.90 Å². The molecule has 1 aliphatic rings. The number of hydrogen-bond donors (Lipinski definition) is 0. The molecule has 0 amide bonds. The zero-order valence-electron chi connectivity index (χ0n) is 15.1. The molecule has 0 unspecified atom stereocenters. The molecule has 3 aromatic carbocycles. The van der Waals surface area contributed by atoms with Crippen LogP contribution in [0, 0.1) is 5.82 Å². The minimum atomic E-state index is -0.187. The summed E-state index contributed by atoms with van der Waals surface area (Å²) in [4.78, 5) is 2.45. The fourth-order valence-corrected chi connectivity index (χ4v) is 4.21. The highest BCUT2D eigenvalue weighted by molar-refractivity contribution is 5.86. The van der Waals surface area contributed by atoms with Crippen LogP contribution in [0.25, 0.3) is 10.9 Å². The van der Waals surface area contributed by atoms with Crippen LogP contribution in [-0.4, -0.2) is 11.1 Å². The first-order valence-corrected chi connectivity index (χ1v) is 9.43. The van der Waals surface area contributed by atoms with Crippen molar-refractivity contribution in [2.75, 3.05) is 11.4 Å². The molecule has 0 radical (unpaired) electrons. The van der Waals surface area contributed by atoms with Crippen LogP contribution in [0.15, 0.2) is 78.9 Å². The summed E-state index contributed by atoms with van der Waals surface area (Å²) in [6.45, 7) is 2.69. The SMILES string of the molecule is Fc1ccc(Cn2c3c(c4ccccc42)CCN(c2ccccc2)C3)cc1. The van der Waals surface area contributed by atoms with Gasteiger partial charge in [-0.2, -0.15) is 0 Å². The lowest BCUT2D eigenvalue weighted by molar-refractivity contribution is 0.625. The van der Waals surface area contributed by atoms with Crippen LogP contribution in [0.1, 0.15) is 16.8 Å². The Morgan fingerprint density at radius 1 is 0.815 bits per heavy atom. The molecule has 2 nitrogen and oxygen atoms in total. The van der Waals surface area contributed by atoms with Gasteiger partial charge >= 0.3 is 0 Å². The average Bonchev–Trinajstić information content (AvgIpc) is 3.04. The van der Waals surface area contributed by atoms with Gasteiger partial charge in [0.05, 0.1) is 6.54 Å². The lowest BCUT2D eigenvalue weighted by atomic mass is 10.0. The van der Waals surface area contributed by atoms with Crippen molar-refractivity contribution in [2.24, 2.45) is 0 Å². The van der Waals surface area contributed by atoms with Crippen molar-refractivity contribution in [3.8, 4) is 0 Å². The van der Waals surface area contributed by atoms with E-state index in [1.165, 1.54) is 27.8 Å². The fraction of sp³-hybridized carbons (Fsp3) is 0.167. The first-order valence-electron chi connectivity index (χ1n) is 9.43. The second-order valence-electron chi connectivity index (χ2n) is 7.16. The van der Waals surface area contributed by atoms with Gasteiger partial charge in [-0.3, -0.25) is 0 Å². The Morgan fingerprint density at radius 3 is 2.37 bits per heavy atom. The van der Waals surface area contributed by atoms with E-state index in [9.17, 15) is 4.39 Å². The van der Waals surface area contributed by atoms with E-state index in [0.29, 0.717) is 0 Å². The molecule has 1 aromatic heterocycles. The van der Waals surface area contributed by atoms with Crippen molar-refractivity contribution < 1.29 is 4.39 Å². The van der Waals surface area contributed by atoms with E-state index in [2.05, 4.69) is 64.1 Å². The number of anilines is 1. The summed E-state index contributed by atoms with van der Waals surface area (Å²) in [5, 5.41) is 1.35. The maximum atomic E-state index is 13.3. The number of rotatable bonds is 3. The molecule has 0 bridgehead atoms. The van der Waals surface area contributed by atoms with Crippen LogP contribution in [0.4, 0.5) is 10.1 Å². The summed E-state index contributed by atoms with van der Waals surface area (Å²) in [5.74, 6) is -0.187. The minimum absolute atomic E-state index is 0.187. The summed E-state index contributed by atoms with van der Waals surface area (Å²) in [6, 6.07) is 26.1. The van der Waals surface area contributed by atoms with Crippen molar-refractivity contribution in [3.63, 3.8) is 0 Å². The molecule has 3 heteroatoms. The van der Waals surface area contributed by atoms with Gasteiger partial charge < -0.3 is 9.47 Å². The predicted octanol–water partition coefficient (Wildman–Crippen LogP) is 5.39. The Kier molecular flexibility index (Phi) is 3.93. The zero-order valence-corrected chi connectivity index (χ0v) is 15.1. The van der Waals surface area contributed by atoms with Crippen molar-refractivity contribution in [2.45, 2.75) is 19.5 Å². The summed E-state index contributed by atoms with van der Waals surface area (Å²) < 4.78 is 15.7. The van der Waals surface area contributed by atoms with E-state index >= 15 is 0 Å². The van der Waals surface area contributed by atoms with Gasteiger partial charge in [-0.05, 0) is 47.9 Å². The van der Waals surface area contributed by atoms with E-state index < -0.39 is 0 Å². The average molecular weight is 356 g/mol. The van der Waals surface area contributed by atoms with E-state index in [4.69, 9.17) is 0 Å². The molecular formula is C24H21FN2. The number of benzene rings is 3. The van der Waals surface area contributed by atoms with Crippen LogP contribution >= 0.6 is 0 Å². The maximum absolute atomic E-state index is 13.3. The van der Waals surface area contributed by atoms with Gasteiger partial charge in [0.25, 0.3) is 0 Å². The number of hydrogen-bond acceptors (Lipinski definition) is 1. The molecule has 5 rings (SSSR count). The Bertz CT molecular complexity index is 1080. The highest BCUT2D eigenvalue weighted by Gasteiger charge is 2.24. The van der Waals surface area contributed by atoms with Gasteiger partial charge in [-0.15, -0.1) is 0 Å².